The van der Waals surface area contributed by atoms with Gasteiger partial charge in [0.2, 0.25) is 0 Å². The molecule has 168 valence electrons. The summed E-state index contributed by atoms with van der Waals surface area (Å²) in [7, 11) is 0. The minimum absolute atomic E-state index is 0.0821. The molecule has 6 nitrogen and oxygen atoms in total. The molecule has 2 aromatic heterocycles. The van der Waals surface area contributed by atoms with Gasteiger partial charge in [-0.2, -0.15) is 0 Å². The van der Waals surface area contributed by atoms with Gasteiger partial charge >= 0.3 is 0 Å². The first-order chi connectivity index (χ1) is 15.6. The summed E-state index contributed by atoms with van der Waals surface area (Å²) in [5, 5.41) is 3.46. The molecular weight excluding hydrogens is 412 g/mol. The monoisotopic (exact) mass is 440 g/mol. The SMILES string of the molecule is Cc1ccc(C(=O)Nc2cnc3c(c2)c(C(N)=O)cn3Cc2ccc(C(C)(C)C)cc2)cc1. The van der Waals surface area contributed by atoms with Crippen LogP contribution in [0, 0.1) is 6.92 Å². The third kappa shape index (κ3) is 4.80. The van der Waals surface area contributed by atoms with Crippen molar-refractivity contribution in [2.75, 3.05) is 5.32 Å². The summed E-state index contributed by atoms with van der Waals surface area (Å²) in [4.78, 5) is 29.2. The first-order valence-electron chi connectivity index (χ1n) is 10.9. The van der Waals surface area contributed by atoms with Gasteiger partial charge in [0, 0.05) is 23.7 Å². The maximum absolute atomic E-state index is 12.6. The number of aromatic nitrogens is 2. The lowest BCUT2D eigenvalue weighted by atomic mass is 9.87. The van der Waals surface area contributed by atoms with E-state index in [4.69, 9.17) is 5.73 Å². The van der Waals surface area contributed by atoms with E-state index in [0.717, 1.165) is 11.1 Å². The summed E-state index contributed by atoms with van der Waals surface area (Å²) in [6.07, 6.45) is 3.32. The predicted molar refractivity (Wildman–Crippen MR) is 132 cm³/mol. The smallest absolute Gasteiger partial charge is 0.255 e. The molecule has 2 amide bonds. The summed E-state index contributed by atoms with van der Waals surface area (Å²) in [6, 6.07) is 17.5. The van der Waals surface area contributed by atoms with Crippen molar-refractivity contribution in [3.63, 3.8) is 0 Å². The minimum Gasteiger partial charge on any atom is -0.366 e. The van der Waals surface area contributed by atoms with E-state index in [1.165, 1.54) is 5.56 Å². The number of hydrogen-bond acceptors (Lipinski definition) is 3. The van der Waals surface area contributed by atoms with Crippen LogP contribution in [0.1, 0.15) is 58.2 Å². The van der Waals surface area contributed by atoms with Crippen molar-refractivity contribution in [3.05, 3.63) is 94.8 Å². The van der Waals surface area contributed by atoms with Crippen molar-refractivity contribution in [2.45, 2.75) is 39.7 Å². The Bertz CT molecular complexity index is 1330. The highest BCUT2D eigenvalue weighted by molar-refractivity contribution is 6.08. The average molecular weight is 441 g/mol. The third-order valence-electron chi connectivity index (χ3n) is 5.72. The van der Waals surface area contributed by atoms with E-state index in [9.17, 15) is 9.59 Å². The van der Waals surface area contributed by atoms with Gasteiger partial charge < -0.3 is 15.6 Å². The van der Waals surface area contributed by atoms with Crippen LogP contribution in [0.3, 0.4) is 0 Å². The second-order valence-corrected chi connectivity index (χ2v) is 9.40. The highest BCUT2D eigenvalue weighted by atomic mass is 16.2. The molecule has 0 unspecified atom stereocenters. The fourth-order valence-corrected chi connectivity index (χ4v) is 3.77. The topological polar surface area (TPSA) is 90.0 Å². The fourth-order valence-electron chi connectivity index (χ4n) is 3.77. The Morgan fingerprint density at radius 2 is 1.70 bits per heavy atom. The molecule has 2 heterocycles. The van der Waals surface area contributed by atoms with Gasteiger partial charge in [-0.25, -0.2) is 4.98 Å². The van der Waals surface area contributed by atoms with E-state index in [0.29, 0.717) is 34.4 Å². The predicted octanol–water partition coefficient (Wildman–Crippen LogP) is 5.04. The number of pyridine rings is 1. The largest absolute Gasteiger partial charge is 0.366 e. The molecule has 4 rings (SSSR count). The third-order valence-corrected chi connectivity index (χ3v) is 5.72. The van der Waals surface area contributed by atoms with Gasteiger partial charge in [-0.3, -0.25) is 9.59 Å². The number of carbonyl (C=O) groups excluding carboxylic acids is 2. The molecular formula is C27H28N4O2. The number of fused-ring (bicyclic) bond motifs is 1. The van der Waals surface area contributed by atoms with Crippen LogP contribution in [0.4, 0.5) is 5.69 Å². The lowest BCUT2D eigenvalue weighted by molar-refractivity contribution is 0.0999. The number of benzene rings is 2. The molecule has 33 heavy (non-hydrogen) atoms. The number of nitrogens with one attached hydrogen (secondary N) is 1. The van der Waals surface area contributed by atoms with Crippen molar-refractivity contribution in [2.24, 2.45) is 5.73 Å². The molecule has 0 aliphatic carbocycles. The van der Waals surface area contributed by atoms with E-state index < -0.39 is 5.91 Å². The Kier molecular flexibility index (Phi) is 5.77. The molecule has 0 saturated carbocycles. The second-order valence-electron chi connectivity index (χ2n) is 9.40. The number of carbonyl (C=O) groups is 2. The van der Waals surface area contributed by atoms with Crippen LogP contribution in [0.5, 0.6) is 0 Å². The lowest BCUT2D eigenvalue weighted by Crippen LogP contribution is -2.12. The summed E-state index contributed by atoms with van der Waals surface area (Å²) >= 11 is 0. The van der Waals surface area contributed by atoms with Gasteiger partial charge in [0.1, 0.15) is 5.65 Å². The van der Waals surface area contributed by atoms with E-state index in [1.54, 1.807) is 30.6 Å². The number of hydrogen-bond donors (Lipinski definition) is 2. The maximum Gasteiger partial charge on any atom is 0.255 e. The quantitative estimate of drug-likeness (QED) is 0.455. The number of nitrogens with two attached hydrogens (primary N) is 1. The Balaban J connectivity index is 1.63. The van der Waals surface area contributed by atoms with Gasteiger partial charge in [-0.05, 0) is 41.7 Å². The van der Waals surface area contributed by atoms with Crippen LogP contribution in [0.2, 0.25) is 0 Å². The standard InChI is InChI=1S/C27H28N4O2/c1-17-5-9-19(10-6-17)26(33)30-21-13-22-23(24(28)32)16-31(25(22)29-14-21)15-18-7-11-20(12-8-18)27(2,3)4/h5-14,16H,15H2,1-4H3,(H2,28,32)(H,30,33). The number of aryl methyl sites for hydroxylation is 1. The molecule has 0 atom stereocenters. The lowest BCUT2D eigenvalue weighted by Gasteiger charge is -2.19. The Morgan fingerprint density at radius 3 is 2.30 bits per heavy atom. The first kappa shape index (κ1) is 22.3. The molecule has 3 N–H and O–H groups in total. The van der Waals surface area contributed by atoms with Crippen LogP contribution in [-0.2, 0) is 12.0 Å². The van der Waals surface area contributed by atoms with Crippen molar-refractivity contribution in [1.29, 1.82) is 0 Å². The molecule has 0 bridgehead atoms. The van der Waals surface area contributed by atoms with Crippen molar-refractivity contribution in [1.82, 2.24) is 9.55 Å². The molecule has 0 saturated heterocycles. The summed E-state index contributed by atoms with van der Waals surface area (Å²) in [6.45, 7) is 9.06. The number of nitrogens with zero attached hydrogens (tertiary/aromatic N) is 2. The molecule has 0 spiro atoms. The minimum atomic E-state index is -0.536. The van der Waals surface area contributed by atoms with Crippen LogP contribution < -0.4 is 11.1 Å². The zero-order valence-electron chi connectivity index (χ0n) is 19.3. The molecule has 6 heteroatoms. The van der Waals surface area contributed by atoms with Gasteiger partial charge in [-0.1, -0.05) is 62.7 Å². The fraction of sp³-hybridized carbons (Fsp3) is 0.222. The second kappa shape index (κ2) is 8.54. The first-order valence-corrected chi connectivity index (χ1v) is 10.9. The molecule has 4 aromatic rings. The Labute approximate surface area is 193 Å². The normalized spacial score (nSPS) is 11.5. The number of amides is 2. The van der Waals surface area contributed by atoms with E-state index in [1.807, 2.05) is 23.6 Å². The van der Waals surface area contributed by atoms with Crippen LogP contribution >= 0.6 is 0 Å². The van der Waals surface area contributed by atoms with Crippen LogP contribution in [0.15, 0.2) is 67.0 Å². The highest BCUT2D eigenvalue weighted by Crippen LogP contribution is 2.26. The van der Waals surface area contributed by atoms with E-state index >= 15 is 0 Å². The molecule has 0 radical (unpaired) electrons. The Hall–Kier alpha value is -3.93. The zero-order chi connectivity index (χ0) is 23.8. The number of rotatable bonds is 5. The van der Waals surface area contributed by atoms with E-state index in [-0.39, 0.29) is 11.3 Å². The van der Waals surface area contributed by atoms with Crippen molar-refractivity contribution < 1.29 is 9.59 Å². The summed E-state index contributed by atoms with van der Waals surface area (Å²) in [5.41, 5.74) is 11.2. The molecule has 0 aliphatic rings. The average Bonchev–Trinajstić information content (AvgIpc) is 3.12. The van der Waals surface area contributed by atoms with Gasteiger partial charge in [0.15, 0.2) is 0 Å². The number of primary amides is 1. The Morgan fingerprint density at radius 1 is 1.03 bits per heavy atom. The molecule has 2 aromatic carbocycles. The molecule has 0 aliphatic heterocycles. The van der Waals surface area contributed by atoms with Crippen LogP contribution in [0.25, 0.3) is 11.0 Å². The maximum atomic E-state index is 12.6. The van der Waals surface area contributed by atoms with Gasteiger partial charge in [0.05, 0.1) is 17.4 Å². The number of anilines is 1. The highest BCUT2D eigenvalue weighted by Gasteiger charge is 2.17. The van der Waals surface area contributed by atoms with Crippen molar-refractivity contribution in [3.8, 4) is 0 Å². The molecule has 0 fully saturated rings. The van der Waals surface area contributed by atoms with Gasteiger partial charge in [-0.15, -0.1) is 0 Å². The van der Waals surface area contributed by atoms with Crippen LogP contribution in [-0.4, -0.2) is 21.4 Å². The van der Waals surface area contributed by atoms with E-state index in [2.05, 4.69) is 55.3 Å². The van der Waals surface area contributed by atoms with Crippen molar-refractivity contribution >= 4 is 28.5 Å². The summed E-state index contributed by atoms with van der Waals surface area (Å²) in [5.74, 6) is -0.777. The zero-order valence-corrected chi connectivity index (χ0v) is 19.3. The van der Waals surface area contributed by atoms with Gasteiger partial charge in [0.25, 0.3) is 11.8 Å². The summed E-state index contributed by atoms with van der Waals surface area (Å²) < 4.78 is 1.91.